The molecule has 4 heteroatoms. The molecule has 58 valence electrons. The van der Waals surface area contributed by atoms with Crippen LogP contribution < -0.4 is 0 Å². The van der Waals surface area contributed by atoms with E-state index in [1.165, 1.54) is 0 Å². The summed E-state index contributed by atoms with van der Waals surface area (Å²) in [5.74, 6) is 2.22. The van der Waals surface area contributed by atoms with E-state index in [-0.39, 0.29) is 11.8 Å². The Bertz CT molecular complexity index is 235. The van der Waals surface area contributed by atoms with E-state index in [1.807, 2.05) is 0 Å². The molecule has 1 aliphatic rings. The lowest BCUT2D eigenvalue weighted by Crippen LogP contribution is -2.23. The largest absolute Gasteiger partial charge is 0.273 e. The van der Waals surface area contributed by atoms with Gasteiger partial charge < -0.3 is 0 Å². The molecule has 3 nitrogen and oxygen atoms in total. The minimum Gasteiger partial charge on any atom is -0.273 e. The number of hydrogen-bond acceptors (Lipinski definition) is 2. The van der Waals surface area contributed by atoms with E-state index in [9.17, 15) is 9.59 Å². The lowest BCUT2D eigenvalue weighted by molar-refractivity contribution is -0.134. The molecule has 0 atom stereocenters. The Kier molecular flexibility index (Phi) is 2.66. The summed E-state index contributed by atoms with van der Waals surface area (Å²) < 4.78 is 0. The first-order valence-electron chi connectivity index (χ1n) is 3.16. The molecule has 1 heterocycles. The van der Waals surface area contributed by atoms with Crippen LogP contribution in [0.5, 0.6) is 0 Å². The highest BCUT2D eigenvalue weighted by Gasteiger charge is 2.27. The van der Waals surface area contributed by atoms with Gasteiger partial charge in [0.2, 0.25) is 11.8 Å². The van der Waals surface area contributed by atoms with E-state index < -0.39 is 0 Å². The summed E-state index contributed by atoms with van der Waals surface area (Å²) in [6.45, 7) is 0. The maximum absolute atomic E-state index is 10.9. The van der Waals surface area contributed by atoms with Crippen LogP contribution in [0.25, 0.3) is 0 Å². The van der Waals surface area contributed by atoms with Crippen molar-refractivity contribution in [2.24, 2.45) is 0 Å². The summed E-state index contributed by atoms with van der Waals surface area (Å²) in [6, 6.07) is 2.47. The zero-order valence-electron chi connectivity index (χ0n) is 5.76. The molecule has 0 N–H and O–H groups in total. The predicted molar refractivity (Wildman–Crippen MR) is 42.7 cm³/mol. The maximum Gasteiger partial charge on any atom is 0.241 e. The van der Waals surface area contributed by atoms with Crippen molar-refractivity contribution < 1.29 is 9.59 Å². The fourth-order valence-corrected chi connectivity index (χ4v) is 0.936. The molecular weight excluding hydrogens is 210 g/mol. The van der Waals surface area contributed by atoms with Crippen molar-refractivity contribution in [3.8, 4) is 12.0 Å². The highest BCUT2D eigenvalue weighted by atomic mass is 79.9. The molecule has 0 spiro atoms. The summed E-state index contributed by atoms with van der Waals surface area (Å²) >= 11 is 3.07. The molecule has 1 aliphatic heterocycles. The van der Waals surface area contributed by atoms with Crippen LogP contribution in [-0.4, -0.2) is 22.0 Å². The van der Waals surface area contributed by atoms with Gasteiger partial charge in [0, 0.05) is 18.9 Å². The van der Waals surface area contributed by atoms with Crippen molar-refractivity contribution in [3.05, 3.63) is 0 Å². The van der Waals surface area contributed by atoms with Gasteiger partial charge in [0.25, 0.3) is 0 Å². The molecule has 1 rings (SSSR count). The van der Waals surface area contributed by atoms with E-state index in [0.717, 1.165) is 4.90 Å². The normalized spacial score (nSPS) is 16.6. The van der Waals surface area contributed by atoms with Crippen LogP contribution in [0.4, 0.5) is 0 Å². The van der Waals surface area contributed by atoms with Gasteiger partial charge in [-0.1, -0.05) is 21.9 Å². The number of amides is 2. The van der Waals surface area contributed by atoms with Gasteiger partial charge in [-0.3, -0.25) is 9.59 Å². The average molecular weight is 216 g/mol. The van der Waals surface area contributed by atoms with Gasteiger partial charge in [-0.05, 0) is 0 Å². The third kappa shape index (κ3) is 1.81. The van der Waals surface area contributed by atoms with E-state index in [2.05, 4.69) is 27.9 Å². The van der Waals surface area contributed by atoms with Crippen molar-refractivity contribution in [1.29, 1.82) is 0 Å². The fourth-order valence-electron chi connectivity index (χ4n) is 0.810. The lowest BCUT2D eigenvalue weighted by atomic mass is 10.4. The smallest absolute Gasteiger partial charge is 0.241 e. The van der Waals surface area contributed by atoms with Gasteiger partial charge in [0.15, 0.2) is 0 Å². The summed E-state index contributed by atoms with van der Waals surface area (Å²) in [5.41, 5.74) is 0. The molecule has 0 unspecified atom stereocenters. The molecule has 0 saturated carbocycles. The molecule has 0 aromatic carbocycles. The number of hydrogen-bond donors (Lipinski definition) is 0. The predicted octanol–water partition coefficient (Wildman–Crippen LogP) is 0.491. The highest BCUT2D eigenvalue weighted by molar-refractivity contribution is 9.09. The second-order valence-corrected chi connectivity index (χ2v) is 2.61. The van der Waals surface area contributed by atoms with Crippen LogP contribution in [0.3, 0.4) is 0 Å². The Morgan fingerprint density at radius 2 is 1.91 bits per heavy atom. The fraction of sp³-hybridized carbons (Fsp3) is 0.429. The minimum atomic E-state index is -0.191. The van der Waals surface area contributed by atoms with Gasteiger partial charge in [-0.15, -0.1) is 0 Å². The Morgan fingerprint density at radius 1 is 1.36 bits per heavy atom. The molecule has 0 radical (unpaired) electrons. The Morgan fingerprint density at radius 3 is 2.36 bits per heavy atom. The monoisotopic (exact) mass is 215 g/mol. The number of nitrogens with zero attached hydrogens (tertiary/aromatic N) is 1. The first-order valence-corrected chi connectivity index (χ1v) is 4.28. The molecule has 11 heavy (non-hydrogen) atoms. The number of imide groups is 1. The highest BCUT2D eigenvalue weighted by Crippen LogP contribution is 2.09. The molecule has 2 amide bonds. The lowest BCUT2D eigenvalue weighted by Gasteiger charge is -2.00. The van der Waals surface area contributed by atoms with Crippen LogP contribution in [0, 0.1) is 12.0 Å². The third-order valence-corrected chi connectivity index (χ3v) is 1.59. The van der Waals surface area contributed by atoms with Crippen molar-refractivity contribution >= 4 is 27.7 Å². The van der Waals surface area contributed by atoms with Gasteiger partial charge >= 0.3 is 0 Å². The molecule has 1 saturated heterocycles. The quantitative estimate of drug-likeness (QED) is 0.335. The summed E-state index contributed by atoms with van der Waals surface area (Å²) in [7, 11) is 0. The standard InChI is InChI=1S/C7H6BrNO2/c8-4-1-5-9-6(10)2-3-7(9)11/h2-4H2. The summed E-state index contributed by atoms with van der Waals surface area (Å²) in [6.07, 6.45) is 0.603. The number of carbonyl (C=O) groups is 2. The Balaban J connectivity index is 2.69. The van der Waals surface area contributed by atoms with Crippen LogP contribution in [0.1, 0.15) is 12.8 Å². The van der Waals surface area contributed by atoms with E-state index in [0.29, 0.717) is 18.2 Å². The van der Waals surface area contributed by atoms with E-state index >= 15 is 0 Å². The second-order valence-electron chi connectivity index (χ2n) is 2.05. The van der Waals surface area contributed by atoms with Gasteiger partial charge in [0.05, 0.1) is 5.33 Å². The Labute approximate surface area is 72.9 Å². The van der Waals surface area contributed by atoms with Gasteiger partial charge in [-0.2, -0.15) is 0 Å². The zero-order chi connectivity index (χ0) is 8.27. The minimum absolute atomic E-state index is 0.191. The van der Waals surface area contributed by atoms with E-state index in [1.54, 1.807) is 0 Å². The number of alkyl halides is 1. The first kappa shape index (κ1) is 8.28. The van der Waals surface area contributed by atoms with E-state index in [4.69, 9.17) is 0 Å². The second kappa shape index (κ2) is 3.54. The maximum atomic E-state index is 10.9. The topological polar surface area (TPSA) is 37.4 Å². The first-order chi connectivity index (χ1) is 5.25. The van der Waals surface area contributed by atoms with Crippen LogP contribution in [0.15, 0.2) is 0 Å². The summed E-state index contributed by atoms with van der Waals surface area (Å²) in [5, 5.41) is 0.476. The van der Waals surface area contributed by atoms with Gasteiger partial charge in [-0.25, -0.2) is 4.90 Å². The van der Waals surface area contributed by atoms with Crippen molar-refractivity contribution in [3.63, 3.8) is 0 Å². The number of halogens is 1. The van der Waals surface area contributed by atoms with Crippen LogP contribution >= 0.6 is 15.9 Å². The zero-order valence-corrected chi connectivity index (χ0v) is 7.35. The van der Waals surface area contributed by atoms with Crippen molar-refractivity contribution in [2.75, 3.05) is 5.33 Å². The van der Waals surface area contributed by atoms with Crippen molar-refractivity contribution in [2.45, 2.75) is 12.8 Å². The van der Waals surface area contributed by atoms with Crippen molar-refractivity contribution in [1.82, 2.24) is 4.90 Å². The molecule has 0 bridgehead atoms. The SMILES string of the molecule is O=C1CCC(=O)N1C#CCBr. The third-order valence-electron chi connectivity index (χ3n) is 1.31. The van der Waals surface area contributed by atoms with Gasteiger partial charge in [0.1, 0.15) is 0 Å². The average Bonchev–Trinajstić information content (AvgIpc) is 2.29. The molecule has 0 aliphatic carbocycles. The molecule has 0 aromatic rings. The summed E-state index contributed by atoms with van der Waals surface area (Å²) in [4.78, 5) is 22.7. The number of likely N-dealkylation sites (tertiary alicyclic amines) is 1. The number of rotatable bonds is 0. The molecule has 0 aromatic heterocycles. The van der Waals surface area contributed by atoms with Crippen LogP contribution in [-0.2, 0) is 9.59 Å². The molecular formula is C7H6BrNO2. The molecule has 1 fully saturated rings. The van der Waals surface area contributed by atoms with Crippen LogP contribution in [0.2, 0.25) is 0 Å². The number of carbonyl (C=O) groups excluding carboxylic acids is 2. The Hall–Kier alpha value is -0.820.